The number of benzene rings is 4. The second-order valence-electron chi connectivity index (χ2n) is 8.03. The third-order valence-electron chi connectivity index (χ3n) is 6.03. The summed E-state index contributed by atoms with van der Waals surface area (Å²) in [7, 11) is 0. The molecule has 0 radical (unpaired) electrons. The molecule has 33 heavy (non-hydrogen) atoms. The number of nitrogens with zero attached hydrogens (tertiary/aromatic N) is 2. The van der Waals surface area contributed by atoms with Gasteiger partial charge in [-0.15, -0.1) is 0 Å². The van der Waals surface area contributed by atoms with E-state index in [0.29, 0.717) is 0 Å². The van der Waals surface area contributed by atoms with Crippen molar-refractivity contribution in [1.82, 2.24) is 9.99 Å². The van der Waals surface area contributed by atoms with Crippen LogP contribution in [0.3, 0.4) is 0 Å². The van der Waals surface area contributed by atoms with Crippen molar-refractivity contribution in [2.24, 2.45) is 5.10 Å². The van der Waals surface area contributed by atoms with Crippen molar-refractivity contribution in [1.29, 1.82) is 0 Å². The van der Waals surface area contributed by atoms with Crippen LogP contribution in [0.2, 0.25) is 0 Å². The fourth-order valence-electron chi connectivity index (χ4n) is 4.51. The molecular formula is C29H25N3O. The molecule has 4 aromatic carbocycles. The van der Waals surface area contributed by atoms with Crippen LogP contribution in [0.1, 0.15) is 29.5 Å². The first-order valence-corrected chi connectivity index (χ1v) is 11.2. The maximum absolute atomic E-state index is 13.1. The molecular weight excluding hydrogens is 406 g/mol. The first-order chi connectivity index (χ1) is 16.3. The fraction of sp³-hybridized carbons (Fsp3) is 0.103. The second-order valence-corrected chi connectivity index (χ2v) is 8.03. The third kappa shape index (κ3) is 4.03. The van der Waals surface area contributed by atoms with Gasteiger partial charge in [0.25, 0.3) is 5.91 Å². The highest BCUT2D eigenvalue weighted by molar-refractivity contribution is 6.09. The van der Waals surface area contributed by atoms with Gasteiger partial charge in [0.05, 0.1) is 12.1 Å². The molecule has 0 saturated heterocycles. The monoisotopic (exact) mass is 431 g/mol. The fourth-order valence-corrected chi connectivity index (χ4v) is 4.51. The second kappa shape index (κ2) is 9.13. The lowest BCUT2D eigenvalue weighted by Gasteiger charge is -2.16. The summed E-state index contributed by atoms with van der Waals surface area (Å²) < 4.78 is 2.32. The van der Waals surface area contributed by atoms with Crippen LogP contribution in [0.5, 0.6) is 0 Å². The molecule has 0 bridgehead atoms. The summed E-state index contributed by atoms with van der Waals surface area (Å²) in [5, 5.41) is 6.71. The average Bonchev–Trinajstić information content (AvgIpc) is 3.18. The van der Waals surface area contributed by atoms with Gasteiger partial charge >= 0.3 is 0 Å². The Morgan fingerprint density at radius 3 is 2.09 bits per heavy atom. The van der Waals surface area contributed by atoms with Crippen molar-refractivity contribution in [3.05, 3.63) is 120 Å². The zero-order chi connectivity index (χ0) is 22.6. The van der Waals surface area contributed by atoms with E-state index in [9.17, 15) is 4.79 Å². The first kappa shape index (κ1) is 20.7. The molecule has 1 N–H and O–H groups in total. The molecule has 0 spiro atoms. The number of para-hydroxylation sites is 1. The van der Waals surface area contributed by atoms with E-state index in [1.54, 1.807) is 6.21 Å². The maximum atomic E-state index is 13.1. The molecule has 0 fully saturated rings. The average molecular weight is 432 g/mol. The largest absolute Gasteiger partial charge is 0.341 e. The zero-order valence-corrected chi connectivity index (χ0v) is 18.5. The molecule has 162 valence electrons. The molecule has 1 heterocycles. The SMILES string of the molecule is CCn1c2ccccc2c2cc(/C=N\NC(=O)C(c3ccccc3)c3ccccc3)ccc21. The first-order valence-electron chi connectivity index (χ1n) is 11.2. The van der Waals surface area contributed by atoms with E-state index >= 15 is 0 Å². The van der Waals surface area contributed by atoms with Crippen molar-refractivity contribution in [2.75, 3.05) is 0 Å². The summed E-state index contributed by atoms with van der Waals surface area (Å²) in [4.78, 5) is 13.1. The van der Waals surface area contributed by atoms with Gasteiger partial charge in [-0.05, 0) is 41.8 Å². The van der Waals surface area contributed by atoms with Crippen LogP contribution >= 0.6 is 0 Å². The van der Waals surface area contributed by atoms with Gasteiger partial charge < -0.3 is 4.57 Å². The molecule has 4 nitrogen and oxygen atoms in total. The number of carbonyl (C=O) groups excluding carboxylic acids is 1. The smallest absolute Gasteiger partial charge is 0.252 e. The normalized spacial score (nSPS) is 11.6. The van der Waals surface area contributed by atoms with Gasteiger partial charge in [-0.1, -0.05) is 84.9 Å². The van der Waals surface area contributed by atoms with Gasteiger partial charge in [-0.2, -0.15) is 5.10 Å². The summed E-state index contributed by atoms with van der Waals surface area (Å²) in [5.74, 6) is -0.582. The van der Waals surface area contributed by atoms with Crippen molar-refractivity contribution >= 4 is 33.9 Å². The topological polar surface area (TPSA) is 46.4 Å². The molecule has 0 aliphatic rings. The minimum absolute atomic E-state index is 0.160. The molecule has 0 unspecified atom stereocenters. The summed E-state index contributed by atoms with van der Waals surface area (Å²) in [6.07, 6.45) is 1.71. The number of aromatic nitrogens is 1. The summed E-state index contributed by atoms with van der Waals surface area (Å²) in [6, 6.07) is 34.3. The highest BCUT2D eigenvalue weighted by Gasteiger charge is 2.22. The lowest BCUT2D eigenvalue weighted by molar-refractivity contribution is -0.121. The number of hydrogen-bond acceptors (Lipinski definition) is 2. The van der Waals surface area contributed by atoms with Crippen LogP contribution in [-0.2, 0) is 11.3 Å². The van der Waals surface area contributed by atoms with Crippen LogP contribution in [0.25, 0.3) is 21.8 Å². The van der Waals surface area contributed by atoms with E-state index in [4.69, 9.17) is 0 Å². The van der Waals surface area contributed by atoms with Crippen LogP contribution in [0, 0.1) is 0 Å². The highest BCUT2D eigenvalue weighted by Crippen LogP contribution is 2.29. The Hall–Kier alpha value is -4.18. The Balaban J connectivity index is 1.42. The van der Waals surface area contributed by atoms with Gasteiger partial charge in [0.15, 0.2) is 0 Å². The number of hydrazone groups is 1. The van der Waals surface area contributed by atoms with E-state index in [2.05, 4.69) is 58.4 Å². The standard InChI is InChI=1S/C29H25N3O/c1-2-32-26-16-10-9-15-24(26)25-19-21(17-18-27(25)32)20-30-31-29(33)28(22-11-5-3-6-12-22)23-13-7-4-8-14-23/h3-20,28H,2H2,1H3,(H,31,33)/b30-20-. The lowest BCUT2D eigenvalue weighted by Crippen LogP contribution is -2.26. The van der Waals surface area contributed by atoms with Gasteiger partial charge in [0.2, 0.25) is 0 Å². The Morgan fingerprint density at radius 1 is 0.818 bits per heavy atom. The molecule has 4 heteroatoms. The number of rotatable bonds is 6. The minimum Gasteiger partial charge on any atom is -0.341 e. The van der Waals surface area contributed by atoms with Gasteiger partial charge in [0.1, 0.15) is 0 Å². The molecule has 0 atom stereocenters. The number of fused-ring (bicyclic) bond motifs is 3. The van der Waals surface area contributed by atoms with Crippen LogP contribution in [0.4, 0.5) is 0 Å². The maximum Gasteiger partial charge on any atom is 0.252 e. The van der Waals surface area contributed by atoms with E-state index in [1.165, 1.54) is 21.8 Å². The molecule has 1 amide bonds. The Bertz CT molecular complexity index is 1400. The van der Waals surface area contributed by atoms with Crippen LogP contribution in [0.15, 0.2) is 108 Å². The number of hydrogen-bond donors (Lipinski definition) is 1. The molecule has 5 aromatic rings. The van der Waals surface area contributed by atoms with Crippen molar-refractivity contribution in [3.8, 4) is 0 Å². The van der Waals surface area contributed by atoms with Gasteiger partial charge in [-0.25, -0.2) is 5.43 Å². The Kier molecular flexibility index (Phi) is 5.73. The van der Waals surface area contributed by atoms with Gasteiger partial charge in [0, 0.05) is 28.4 Å². The quantitative estimate of drug-likeness (QED) is 0.256. The summed E-state index contributed by atoms with van der Waals surface area (Å²) in [5.41, 5.74) is 8.00. The number of aryl methyl sites for hydroxylation is 1. The molecule has 5 rings (SSSR count). The van der Waals surface area contributed by atoms with Crippen LogP contribution < -0.4 is 5.43 Å². The van der Waals surface area contributed by atoms with Gasteiger partial charge in [-0.3, -0.25) is 4.79 Å². The molecule has 0 aliphatic heterocycles. The molecule has 0 aliphatic carbocycles. The van der Waals surface area contributed by atoms with E-state index < -0.39 is 5.92 Å². The van der Waals surface area contributed by atoms with Crippen molar-refractivity contribution in [2.45, 2.75) is 19.4 Å². The summed E-state index contributed by atoms with van der Waals surface area (Å²) in [6.45, 7) is 3.07. The Labute approximate surface area is 193 Å². The number of amides is 1. The van der Waals surface area contributed by atoms with Crippen molar-refractivity contribution in [3.63, 3.8) is 0 Å². The third-order valence-corrected chi connectivity index (χ3v) is 6.03. The van der Waals surface area contributed by atoms with E-state index in [1.807, 2.05) is 66.7 Å². The Morgan fingerprint density at radius 2 is 1.42 bits per heavy atom. The zero-order valence-electron chi connectivity index (χ0n) is 18.5. The molecule has 1 aromatic heterocycles. The predicted octanol–water partition coefficient (Wildman–Crippen LogP) is 6.10. The number of carbonyl (C=O) groups is 1. The lowest BCUT2D eigenvalue weighted by atomic mass is 9.91. The number of nitrogens with one attached hydrogen (secondary N) is 1. The van der Waals surface area contributed by atoms with E-state index in [-0.39, 0.29) is 5.91 Å². The van der Waals surface area contributed by atoms with E-state index in [0.717, 1.165) is 23.2 Å². The van der Waals surface area contributed by atoms with Crippen LogP contribution in [-0.4, -0.2) is 16.7 Å². The molecule has 0 saturated carbocycles. The predicted molar refractivity (Wildman–Crippen MR) is 136 cm³/mol. The highest BCUT2D eigenvalue weighted by atomic mass is 16.2. The van der Waals surface area contributed by atoms with Crippen molar-refractivity contribution < 1.29 is 4.79 Å². The minimum atomic E-state index is -0.422. The summed E-state index contributed by atoms with van der Waals surface area (Å²) >= 11 is 0.